The predicted molar refractivity (Wildman–Crippen MR) is 80.2 cm³/mol. The maximum atomic E-state index is 12.6. The zero-order chi connectivity index (χ0) is 13.9. The molecule has 1 amide bonds. The summed E-state index contributed by atoms with van der Waals surface area (Å²) in [5, 5.41) is 1.97. The van der Waals surface area contributed by atoms with E-state index in [1.54, 1.807) is 0 Å². The molecule has 1 aliphatic carbocycles. The summed E-state index contributed by atoms with van der Waals surface area (Å²) in [7, 11) is 2.11. The van der Waals surface area contributed by atoms with E-state index in [0.29, 0.717) is 5.92 Å². The van der Waals surface area contributed by atoms with Crippen molar-refractivity contribution in [1.82, 2.24) is 9.80 Å². The van der Waals surface area contributed by atoms with E-state index in [0.717, 1.165) is 37.7 Å². The standard InChI is InChI=1S/C15H22N2O2S/c1-16-6-7-19-13(10-16)11-17(9-12-4-5-12)15(18)14-3-2-8-20-14/h2-3,8,12-13H,4-7,9-11H2,1H3/t13-/m1/s1. The van der Waals surface area contributed by atoms with Gasteiger partial charge in [0.25, 0.3) is 5.91 Å². The van der Waals surface area contributed by atoms with Gasteiger partial charge in [-0.05, 0) is 37.3 Å². The third-order valence-corrected chi connectivity index (χ3v) is 4.82. The van der Waals surface area contributed by atoms with E-state index in [4.69, 9.17) is 4.74 Å². The molecule has 1 saturated carbocycles. The third kappa shape index (κ3) is 3.59. The van der Waals surface area contributed by atoms with E-state index in [-0.39, 0.29) is 12.0 Å². The lowest BCUT2D eigenvalue weighted by Gasteiger charge is -2.34. The molecule has 0 spiro atoms. The zero-order valence-corrected chi connectivity index (χ0v) is 12.8. The monoisotopic (exact) mass is 294 g/mol. The molecule has 20 heavy (non-hydrogen) atoms. The number of ether oxygens (including phenoxy) is 1. The van der Waals surface area contributed by atoms with Crippen LogP contribution in [0.5, 0.6) is 0 Å². The van der Waals surface area contributed by atoms with Crippen LogP contribution in [0.1, 0.15) is 22.5 Å². The summed E-state index contributed by atoms with van der Waals surface area (Å²) in [5.74, 6) is 0.879. The molecule has 0 radical (unpaired) electrons. The first kappa shape index (κ1) is 14.0. The second-order valence-electron chi connectivity index (χ2n) is 5.89. The van der Waals surface area contributed by atoms with Crippen molar-refractivity contribution < 1.29 is 9.53 Å². The molecule has 1 aliphatic heterocycles. The minimum atomic E-state index is 0.149. The Kier molecular flexibility index (Phi) is 4.38. The number of hydrogen-bond acceptors (Lipinski definition) is 4. The Bertz CT molecular complexity index is 445. The van der Waals surface area contributed by atoms with Gasteiger partial charge in [-0.25, -0.2) is 0 Å². The Morgan fingerprint density at radius 2 is 2.35 bits per heavy atom. The molecule has 4 nitrogen and oxygen atoms in total. The van der Waals surface area contributed by atoms with Crippen LogP contribution in [0.15, 0.2) is 17.5 Å². The maximum absolute atomic E-state index is 12.6. The molecular weight excluding hydrogens is 272 g/mol. The van der Waals surface area contributed by atoms with Gasteiger partial charge in [0.2, 0.25) is 0 Å². The number of hydrogen-bond donors (Lipinski definition) is 0. The number of amides is 1. The molecule has 3 rings (SSSR count). The van der Waals surface area contributed by atoms with Crippen LogP contribution in [0.2, 0.25) is 0 Å². The second kappa shape index (κ2) is 6.24. The number of likely N-dealkylation sites (N-methyl/N-ethyl adjacent to an activating group) is 1. The number of nitrogens with zero attached hydrogens (tertiary/aromatic N) is 2. The van der Waals surface area contributed by atoms with Gasteiger partial charge in [0.05, 0.1) is 17.6 Å². The van der Waals surface area contributed by atoms with Crippen LogP contribution in [0.4, 0.5) is 0 Å². The van der Waals surface area contributed by atoms with Crippen LogP contribution in [0.25, 0.3) is 0 Å². The van der Waals surface area contributed by atoms with Crippen LogP contribution >= 0.6 is 11.3 Å². The summed E-state index contributed by atoms with van der Waals surface area (Å²) in [6.07, 6.45) is 2.68. The van der Waals surface area contributed by atoms with Crippen LogP contribution < -0.4 is 0 Å². The van der Waals surface area contributed by atoms with Crippen molar-refractivity contribution in [3.05, 3.63) is 22.4 Å². The molecule has 0 bridgehead atoms. The first-order valence-electron chi connectivity index (χ1n) is 7.35. The van der Waals surface area contributed by atoms with Crippen molar-refractivity contribution in [2.45, 2.75) is 18.9 Å². The highest BCUT2D eigenvalue weighted by atomic mass is 32.1. The first-order valence-corrected chi connectivity index (χ1v) is 8.23. The molecule has 2 aliphatic rings. The molecule has 0 N–H and O–H groups in total. The average molecular weight is 294 g/mol. The predicted octanol–water partition coefficient (Wildman–Crippen LogP) is 1.93. The van der Waals surface area contributed by atoms with Crippen molar-refractivity contribution in [1.29, 1.82) is 0 Å². The molecule has 2 heterocycles. The topological polar surface area (TPSA) is 32.8 Å². The average Bonchev–Trinajstić information content (AvgIpc) is 3.08. The Balaban J connectivity index is 1.64. The van der Waals surface area contributed by atoms with Gasteiger partial charge in [0.15, 0.2) is 0 Å². The Morgan fingerprint density at radius 3 is 3.00 bits per heavy atom. The van der Waals surface area contributed by atoms with E-state index < -0.39 is 0 Å². The van der Waals surface area contributed by atoms with Crippen LogP contribution in [0, 0.1) is 5.92 Å². The number of rotatable bonds is 5. The quantitative estimate of drug-likeness (QED) is 0.832. The van der Waals surface area contributed by atoms with Crippen molar-refractivity contribution in [3.8, 4) is 0 Å². The van der Waals surface area contributed by atoms with Gasteiger partial charge in [-0.15, -0.1) is 11.3 Å². The largest absolute Gasteiger partial charge is 0.374 e. The van der Waals surface area contributed by atoms with Crippen molar-refractivity contribution >= 4 is 17.2 Å². The molecule has 1 saturated heterocycles. The van der Waals surface area contributed by atoms with Crippen LogP contribution in [-0.4, -0.2) is 61.6 Å². The third-order valence-electron chi connectivity index (χ3n) is 3.96. The smallest absolute Gasteiger partial charge is 0.264 e. The zero-order valence-electron chi connectivity index (χ0n) is 12.0. The summed E-state index contributed by atoms with van der Waals surface area (Å²) in [6, 6.07) is 3.86. The van der Waals surface area contributed by atoms with Crippen molar-refractivity contribution in [2.75, 3.05) is 39.8 Å². The van der Waals surface area contributed by atoms with E-state index in [1.165, 1.54) is 24.2 Å². The second-order valence-corrected chi connectivity index (χ2v) is 6.83. The van der Waals surface area contributed by atoms with Gasteiger partial charge in [-0.1, -0.05) is 6.07 Å². The highest BCUT2D eigenvalue weighted by molar-refractivity contribution is 7.12. The molecular formula is C15H22N2O2S. The highest BCUT2D eigenvalue weighted by Crippen LogP contribution is 2.30. The molecule has 1 aromatic heterocycles. The Morgan fingerprint density at radius 1 is 1.50 bits per heavy atom. The van der Waals surface area contributed by atoms with E-state index >= 15 is 0 Å². The fraction of sp³-hybridized carbons (Fsp3) is 0.667. The molecule has 0 unspecified atom stereocenters. The normalized spacial score (nSPS) is 23.8. The Hall–Kier alpha value is -0.910. The summed E-state index contributed by atoms with van der Waals surface area (Å²) < 4.78 is 5.82. The lowest BCUT2D eigenvalue weighted by molar-refractivity contribution is -0.0330. The number of morpholine rings is 1. The van der Waals surface area contributed by atoms with Crippen LogP contribution in [0.3, 0.4) is 0 Å². The SMILES string of the molecule is CN1CCO[C@@H](CN(CC2CC2)C(=O)c2cccs2)C1. The van der Waals surface area contributed by atoms with E-state index in [9.17, 15) is 4.79 Å². The van der Waals surface area contributed by atoms with Gasteiger partial charge >= 0.3 is 0 Å². The minimum absolute atomic E-state index is 0.149. The molecule has 5 heteroatoms. The van der Waals surface area contributed by atoms with Gasteiger partial charge in [-0.2, -0.15) is 0 Å². The number of carbonyl (C=O) groups is 1. The van der Waals surface area contributed by atoms with Crippen molar-refractivity contribution in [3.63, 3.8) is 0 Å². The molecule has 1 aromatic rings. The van der Waals surface area contributed by atoms with E-state index in [2.05, 4.69) is 11.9 Å². The number of carbonyl (C=O) groups excluding carboxylic acids is 1. The Labute approximate surface area is 124 Å². The maximum Gasteiger partial charge on any atom is 0.264 e. The summed E-state index contributed by atoms with van der Waals surface area (Å²) in [4.78, 5) is 17.7. The van der Waals surface area contributed by atoms with Gasteiger partial charge in [0.1, 0.15) is 0 Å². The highest BCUT2D eigenvalue weighted by Gasteiger charge is 2.30. The minimum Gasteiger partial charge on any atom is -0.374 e. The molecule has 0 aromatic carbocycles. The summed E-state index contributed by atoms with van der Waals surface area (Å²) >= 11 is 1.53. The van der Waals surface area contributed by atoms with Gasteiger partial charge in [0, 0.05) is 26.2 Å². The molecule has 1 atom stereocenters. The van der Waals surface area contributed by atoms with Crippen LogP contribution in [-0.2, 0) is 4.74 Å². The molecule has 2 fully saturated rings. The van der Waals surface area contributed by atoms with Gasteiger partial charge < -0.3 is 14.5 Å². The lowest BCUT2D eigenvalue weighted by Crippen LogP contribution is -2.47. The summed E-state index contributed by atoms with van der Waals surface area (Å²) in [6.45, 7) is 4.28. The first-order chi connectivity index (χ1) is 9.72. The summed E-state index contributed by atoms with van der Waals surface area (Å²) in [5.41, 5.74) is 0. The fourth-order valence-corrected chi connectivity index (χ4v) is 3.32. The van der Waals surface area contributed by atoms with Gasteiger partial charge in [-0.3, -0.25) is 4.79 Å². The van der Waals surface area contributed by atoms with E-state index in [1.807, 2.05) is 22.4 Å². The number of thiophene rings is 1. The van der Waals surface area contributed by atoms with Crippen molar-refractivity contribution in [2.24, 2.45) is 5.92 Å². The fourth-order valence-electron chi connectivity index (χ4n) is 2.63. The lowest BCUT2D eigenvalue weighted by atomic mass is 10.2. The molecule has 110 valence electrons.